The molecule has 0 radical (unpaired) electrons. The summed E-state index contributed by atoms with van der Waals surface area (Å²) in [7, 11) is 0. The van der Waals surface area contributed by atoms with Crippen LogP contribution in [0.1, 0.15) is 11.1 Å². The molecule has 108 valence electrons. The van der Waals surface area contributed by atoms with Gasteiger partial charge in [0.1, 0.15) is 36.4 Å². The molecule has 0 aliphatic heterocycles. The Hall–Kier alpha value is -2.45. The van der Waals surface area contributed by atoms with E-state index in [2.05, 4.69) is 11.8 Å². The summed E-state index contributed by atoms with van der Waals surface area (Å²) in [6.45, 7) is -0.446. The van der Waals surface area contributed by atoms with Crippen molar-refractivity contribution in [3.05, 3.63) is 65.0 Å². The summed E-state index contributed by atoms with van der Waals surface area (Å²) in [6.07, 6.45) is 0. The Morgan fingerprint density at radius 3 is 2.33 bits per heavy atom. The van der Waals surface area contributed by atoms with Crippen molar-refractivity contribution in [1.82, 2.24) is 0 Å². The molecule has 2 aromatic rings. The second-order valence-electron chi connectivity index (χ2n) is 4.17. The fraction of sp³-hybridized carbons (Fsp3) is 0.125. The van der Waals surface area contributed by atoms with Crippen LogP contribution in [-0.4, -0.2) is 11.7 Å². The molecule has 0 bridgehead atoms. The lowest BCUT2D eigenvalue weighted by atomic mass is 10.2. The van der Waals surface area contributed by atoms with Crippen LogP contribution < -0.4 is 4.74 Å². The second-order valence-corrected chi connectivity index (χ2v) is 4.17. The van der Waals surface area contributed by atoms with Crippen molar-refractivity contribution >= 4 is 0 Å². The average Bonchev–Trinajstić information content (AvgIpc) is 2.43. The van der Waals surface area contributed by atoms with Crippen molar-refractivity contribution in [3.63, 3.8) is 0 Å². The van der Waals surface area contributed by atoms with Crippen molar-refractivity contribution in [1.29, 1.82) is 0 Å². The lowest BCUT2D eigenvalue weighted by Gasteiger charge is -2.07. The van der Waals surface area contributed by atoms with Gasteiger partial charge in [-0.15, -0.1) is 0 Å². The van der Waals surface area contributed by atoms with Crippen LogP contribution in [0.5, 0.6) is 5.75 Å². The van der Waals surface area contributed by atoms with Gasteiger partial charge in [-0.25, -0.2) is 13.2 Å². The van der Waals surface area contributed by atoms with E-state index in [9.17, 15) is 13.2 Å². The first kappa shape index (κ1) is 14.9. The SMILES string of the molecule is OCC#Cc1ccc(OCc2cc(F)cc(F)c2)cc1F. The Morgan fingerprint density at radius 1 is 1.00 bits per heavy atom. The maximum Gasteiger partial charge on any atom is 0.142 e. The standard InChI is InChI=1S/C16H11F3O2/c17-13-6-11(7-14(18)8-13)10-21-15-4-3-12(2-1-5-20)16(19)9-15/h3-4,6-9,20H,5,10H2. The van der Waals surface area contributed by atoms with Crippen LogP contribution in [0.25, 0.3) is 0 Å². The zero-order valence-electron chi connectivity index (χ0n) is 10.9. The van der Waals surface area contributed by atoms with Crippen molar-refractivity contribution in [3.8, 4) is 17.6 Å². The molecule has 0 amide bonds. The molecule has 21 heavy (non-hydrogen) atoms. The first-order valence-electron chi connectivity index (χ1n) is 6.05. The molecule has 5 heteroatoms. The summed E-state index contributed by atoms with van der Waals surface area (Å²) in [5, 5.41) is 8.55. The van der Waals surface area contributed by atoms with Crippen molar-refractivity contribution in [2.75, 3.05) is 6.61 Å². The summed E-state index contributed by atoms with van der Waals surface area (Å²) in [6, 6.07) is 7.05. The van der Waals surface area contributed by atoms with Crippen molar-refractivity contribution < 1.29 is 23.0 Å². The molecular weight excluding hydrogens is 281 g/mol. The summed E-state index contributed by atoms with van der Waals surface area (Å²) in [5.41, 5.74) is 0.435. The topological polar surface area (TPSA) is 29.5 Å². The van der Waals surface area contributed by atoms with Crippen LogP contribution >= 0.6 is 0 Å². The molecule has 2 rings (SSSR count). The number of aliphatic hydroxyl groups excluding tert-OH is 1. The lowest BCUT2D eigenvalue weighted by molar-refractivity contribution is 0.303. The minimum absolute atomic E-state index is 0.0875. The van der Waals surface area contributed by atoms with E-state index in [0.29, 0.717) is 5.56 Å². The van der Waals surface area contributed by atoms with E-state index in [0.717, 1.165) is 24.3 Å². The highest BCUT2D eigenvalue weighted by atomic mass is 19.1. The Bertz CT molecular complexity index is 682. The lowest BCUT2D eigenvalue weighted by Crippen LogP contribution is -1.98. The van der Waals surface area contributed by atoms with Gasteiger partial charge < -0.3 is 9.84 Å². The Labute approximate surface area is 119 Å². The second kappa shape index (κ2) is 6.82. The highest BCUT2D eigenvalue weighted by Crippen LogP contribution is 2.18. The Balaban J connectivity index is 2.08. The van der Waals surface area contributed by atoms with Gasteiger partial charge in [-0.1, -0.05) is 11.8 Å². The van der Waals surface area contributed by atoms with E-state index in [1.807, 2.05) is 0 Å². The fourth-order valence-corrected chi connectivity index (χ4v) is 1.68. The number of halogens is 3. The van der Waals surface area contributed by atoms with E-state index >= 15 is 0 Å². The van der Waals surface area contributed by atoms with Gasteiger partial charge in [0.05, 0.1) is 5.56 Å². The minimum atomic E-state index is -0.700. The summed E-state index contributed by atoms with van der Waals surface area (Å²) in [4.78, 5) is 0. The van der Waals surface area contributed by atoms with Crippen LogP contribution in [0, 0.1) is 29.3 Å². The largest absolute Gasteiger partial charge is 0.489 e. The Kier molecular flexibility index (Phi) is 4.85. The summed E-state index contributed by atoms with van der Waals surface area (Å²) >= 11 is 0. The molecule has 0 spiro atoms. The van der Waals surface area contributed by atoms with Crippen LogP contribution in [-0.2, 0) is 6.61 Å². The minimum Gasteiger partial charge on any atom is -0.489 e. The van der Waals surface area contributed by atoms with Gasteiger partial charge in [0.25, 0.3) is 0 Å². The molecule has 0 aromatic heterocycles. The van der Waals surface area contributed by atoms with Crippen LogP contribution in [0.4, 0.5) is 13.2 Å². The highest BCUT2D eigenvalue weighted by Gasteiger charge is 2.04. The number of hydrogen-bond acceptors (Lipinski definition) is 2. The van der Waals surface area contributed by atoms with Gasteiger partial charge >= 0.3 is 0 Å². The summed E-state index contributed by atoms with van der Waals surface area (Å²) in [5.74, 6) is 3.00. The van der Waals surface area contributed by atoms with E-state index in [1.54, 1.807) is 0 Å². The zero-order chi connectivity index (χ0) is 15.2. The van der Waals surface area contributed by atoms with Gasteiger partial charge in [0.2, 0.25) is 0 Å². The average molecular weight is 292 g/mol. The van der Waals surface area contributed by atoms with Crippen LogP contribution in [0.2, 0.25) is 0 Å². The smallest absolute Gasteiger partial charge is 0.142 e. The van der Waals surface area contributed by atoms with Gasteiger partial charge in [-0.05, 0) is 29.8 Å². The predicted octanol–water partition coefficient (Wildman–Crippen LogP) is 3.03. The molecule has 2 aromatic carbocycles. The van der Waals surface area contributed by atoms with Gasteiger partial charge in [-0.3, -0.25) is 0 Å². The molecule has 0 heterocycles. The molecule has 0 unspecified atom stereocenters. The van der Waals surface area contributed by atoms with Crippen LogP contribution in [0.15, 0.2) is 36.4 Å². The quantitative estimate of drug-likeness (QED) is 0.881. The van der Waals surface area contributed by atoms with Crippen molar-refractivity contribution in [2.24, 2.45) is 0 Å². The number of benzene rings is 2. The molecule has 0 atom stereocenters. The molecule has 1 N–H and O–H groups in total. The van der Waals surface area contributed by atoms with E-state index in [1.165, 1.54) is 12.1 Å². The summed E-state index contributed by atoms with van der Waals surface area (Å²) < 4.78 is 44.9. The van der Waals surface area contributed by atoms with Gasteiger partial charge in [0, 0.05) is 12.1 Å². The molecule has 0 aliphatic rings. The molecule has 0 fully saturated rings. The third kappa shape index (κ3) is 4.26. The van der Waals surface area contributed by atoms with Gasteiger partial charge in [0.15, 0.2) is 0 Å². The molecule has 0 aliphatic carbocycles. The highest BCUT2D eigenvalue weighted by molar-refractivity contribution is 5.39. The number of ether oxygens (including phenoxy) is 1. The van der Waals surface area contributed by atoms with Gasteiger partial charge in [-0.2, -0.15) is 0 Å². The normalized spacial score (nSPS) is 9.90. The zero-order valence-corrected chi connectivity index (χ0v) is 10.9. The number of rotatable bonds is 3. The molecule has 2 nitrogen and oxygen atoms in total. The van der Waals surface area contributed by atoms with E-state index in [-0.39, 0.29) is 24.5 Å². The maximum atomic E-state index is 13.6. The first-order chi connectivity index (χ1) is 10.1. The third-order valence-electron chi connectivity index (χ3n) is 2.57. The van der Waals surface area contributed by atoms with E-state index in [4.69, 9.17) is 9.84 Å². The van der Waals surface area contributed by atoms with E-state index < -0.39 is 17.5 Å². The molecule has 0 saturated carbocycles. The fourth-order valence-electron chi connectivity index (χ4n) is 1.68. The number of hydrogen-bond donors (Lipinski definition) is 1. The monoisotopic (exact) mass is 292 g/mol. The number of aliphatic hydroxyl groups is 1. The maximum absolute atomic E-state index is 13.6. The van der Waals surface area contributed by atoms with Crippen LogP contribution in [0.3, 0.4) is 0 Å². The van der Waals surface area contributed by atoms with Crippen molar-refractivity contribution in [2.45, 2.75) is 6.61 Å². The Morgan fingerprint density at radius 2 is 1.71 bits per heavy atom. The first-order valence-corrected chi connectivity index (χ1v) is 6.05. The third-order valence-corrected chi connectivity index (χ3v) is 2.57. The predicted molar refractivity (Wildman–Crippen MR) is 71.1 cm³/mol. The molecular formula is C16H11F3O2. The molecule has 0 saturated heterocycles.